The van der Waals surface area contributed by atoms with Crippen LogP contribution in [0, 0.1) is 0 Å². The van der Waals surface area contributed by atoms with Crippen LogP contribution >= 0.6 is 0 Å². The highest BCUT2D eigenvalue weighted by Gasteiger charge is 2.21. The largest absolute Gasteiger partial charge is 0.396 e. The van der Waals surface area contributed by atoms with Crippen molar-refractivity contribution in [1.82, 2.24) is 5.32 Å². The summed E-state index contributed by atoms with van der Waals surface area (Å²) in [6.45, 7) is 6.18. The first-order valence-electron chi connectivity index (χ1n) is 4.37. The average molecular weight is 173 g/mol. The lowest BCUT2D eigenvalue weighted by atomic mass is 10.0. The Morgan fingerprint density at radius 2 is 2.25 bits per heavy atom. The molecule has 12 heavy (non-hydrogen) atoms. The maximum atomic E-state index is 9.81. The Balaban J connectivity index is 3.77. The standard InChI is InChI=1S/C9H19NO2/c1-3-7-10-9(12,4-2)6-5-8-11/h3,10-12H,1,4-8H2,2H3. The van der Waals surface area contributed by atoms with E-state index in [0.29, 0.717) is 25.8 Å². The third-order valence-electron chi connectivity index (χ3n) is 1.91. The summed E-state index contributed by atoms with van der Waals surface area (Å²) in [5.41, 5.74) is -0.836. The molecule has 0 radical (unpaired) electrons. The molecule has 0 fully saturated rings. The normalized spacial score (nSPS) is 15.6. The van der Waals surface area contributed by atoms with Gasteiger partial charge in [-0.2, -0.15) is 0 Å². The minimum Gasteiger partial charge on any atom is -0.396 e. The van der Waals surface area contributed by atoms with Gasteiger partial charge < -0.3 is 10.2 Å². The molecule has 0 aromatic rings. The molecule has 0 rings (SSSR count). The average Bonchev–Trinajstić information content (AvgIpc) is 2.11. The number of rotatable bonds is 7. The van der Waals surface area contributed by atoms with Crippen molar-refractivity contribution in [3.8, 4) is 0 Å². The Morgan fingerprint density at radius 1 is 1.58 bits per heavy atom. The van der Waals surface area contributed by atoms with E-state index < -0.39 is 5.72 Å². The van der Waals surface area contributed by atoms with E-state index >= 15 is 0 Å². The Hall–Kier alpha value is -0.380. The highest BCUT2D eigenvalue weighted by atomic mass is 16.3. The van der Waals surface area contributed by atoms with Gasteiger partial charge >= 0.3 is 0 Å². The molecule has 0 aliphatic carbocycles. The van der Waals surface area contributed by atoms with Crippen LogP contribution in [0.5, 0.6) is 0 Å². The first-order valence-corrected chi connectivity index (χ1v) is 4.37. The summed E-state index contributed by atoms with van der Waals surface area (Å²) in [6.07, 6.45) is 3.54. The molecule has 0 amide bonds. The quantitative estimate of drug-likeness (QED) is 0.391. The van der Waals surface area contributed by atoms with Gasteiger partial charge in [0.05, 0.1) is 0 Å². The third kappa shape index (κ3) is 4.49. The predicted molar refractivity (Wildman–Crippen MR) is 49.8 cm³/mol. The van der Waals surface area contributed by atoms with Crippen LogP contribution in [0.1, 0.15) is 26.2 Å². The van der Waals surface area contributed by atoms with Gasteiger partial charge in [0.2, 0.25) is 0 Å². The zero-order chi connectivity index (χ0) is 9.45. The summed E-state index contributed by atoms with van der Waals surface area (Å²) < 4.78 is 0. The maximum Gasteiger partial charge on any atom is 0.116 e. The lowest BCUT2D eigenvalue weighted by Crippen LogP contribution is -2.44. The van der Waals surface area contributed by atoms with Crippen molar-refractivity contribution in [2.24, 2.45) is 0 Å². The van der Waals surface area contributed by atoms with Crippen molar-refractivity contribution < 1.29 is 10.2 Å². The van der Waals surface area contributed by atoms with Crippen LogP contribution in [-0.4, -0.2) is 29.1 Å². The van der Waals surface area contributed by atoms with Gasteiger partial charge in [-0.1, -0.05) is 13.0 Å². The number of aliphatic hydroxyl groups is 2. The van der Waals surface area contributed by atoms with E-state index in [1.54, 1.807) is 6.08 Å². The van der Waals surface area contributed by atoms with Gasteiger partial charge in [-0.25, -0.2) is 0 Å². The number of nitrogens with one attached hydrogen (secondary N) is 1. The second kappa shape index (κ2) is 6.17. The third-order valence-corrected chi connectivity index (χ3v) is 1.91. The minimum atomic E-state index is -0.836. The molecule has 0 aromatic heterocycles. The van der Waals surface area contributed by atoms with Gasteiger partial charge in [0.15, 0.2) is 0 Å². The Morgan fingerprint density at radius 3 is 2.67 bits per heavy atom. The zero-order valence-electron chi connectivity index (χ0n) is 7.71. The van der Waals surface area contributed by atoms with Crippen LogP contribution in [0.4, 0.5) is 0 Å². The fourth-order valence-corrected chi connectivity index (χ4v) is 1.02. The molecule has 72 valence electrons. The van der Waals surface area contributed by atoms with E-state index in [1.807, 2.05) is 6.92 Å². The lowest BCUT2D eigenvalue weighted by Gasteiger charge is -2.27. The van der Waals surface area contributed by atoms with Gasteiger partial charge in [0.1, 0.15) is 5.72 Å². The fourth-order valence-electron chi connectivity index (χ4n) is 1.02. The highest BCUT2D eigenvalue weighted by Crippen LogP contribution is 2.12. The molecule has 1 unspecified atom stereocenters. The van der Waals surface area contributed by atoms with E-state index in [4.69, 9.17) is 5.11 Å². The molecule has 0 aliphatic heterocycles. The fraction of sp³-hybridized carbons (Fsp3) is 0.778. The van der Waals surface area contributed by atoms with Crippen molar-refractivity contribution in [2.75, 3.05) is 13.2 Å². The maximum absolute atomic E-state index is 9.81. The lowest BCUT2D eigenvalue weighted by molar-refractivity contribution is -0.00851. The summed E-state index contributed by atoms with van der Waals surface area (Å²) in [5, 5.41) is 21.4. The molecule has 0 aromatic carbocycles. The molecule has 0 aliphatic rings. The van der Waals surface area contributed by atoms with Gasteiger partial charge in [0, 0.05) is 13.2 Å². The first kappa shape index (κ1) is 11.6. The second-order valence-electron chi connectivity index (χ2n) is 2.88. The number of hydrogen-bond acceptors (Lipinski definition) is 3. The van der Waals surface area contributed by atoms with Gasteiger partial charge in [-0.15, -0.1) is 6.58 Å². The molecule has 0 saturated heterocycles. The van der Waals surface area contributed by atoms with E-state index in [-0.39, 0.29) is 6.61 Å². The van der Waals surface area contributed by atoms with Crippen LogP contribution in [0.3, 0.4) is 0 Å². The number of aliphatic hydroxyl groups excluding tert-OH is 1. The van der Waals surface area contributed by atoms with Crippen molar-refractivity contribution in [2.45, 2.75) is 31.9 Å². The van der Waals surface area contributed by atoms with Crippen molar-refractivity contribution >= 4 is 0 Å². The van der Waals surface area contributed by atoms with Crippen molar-refractivity contribution in [3.05, 3.63) is 12.7 Å². The predicted octanol–water partition coefficient (Wildman–Crippen LogP) is 0.633. The molecule has 0 saturated carbocycles. The molecular weight excluding hydrogens is 154 g/mol. The summed E-state index contributed by atoms with van der Waals surface area (Å²) in [6, 6.07) is 0. The molecule has 3 N–H and O–H groups in total. The Labute approximate surface area is 74.1 Å². The van der Waals surface area contributed by atoms with Gasteiger partial charge in [-0.05, 0) is 19.3 Å². The summed E-state index contributed by atoms with van der Waals surface area (Å²) in [7, 11) is 0. The molecule has 0 spiro atoms. The summed E-state index contributed by atoms with van der Waals surface area (Å²) in [5.74, 6) is 0. The Kier molecular flexibility index (Phi) is 5.98. The molecule has 0 bridgehead atoms. The van der Waals surface area contributed by atoms with Crippen LogP contribution in [-0.2, 0) is 0 Å². The van der Waals surface area contributed by atoms with E-state index in [9.17, 15) is 5.11 Å². The smallest absolute Gasteiger partial charge is 0.116 e. The van der Waals surface area contributed by atoms with Crippen LogP contribution in [0.25, 0.3) is 0 Å². The van der Waals surface area contributed by atoms with Crippen molar-refractivity contribution in [1.29, 1.82) is 0 Å². The SMILES string of the molecule is C=CCNC(O)(CC)CCCO. The molecule has 0 heterocycles. The summed E-state index contributed by atoms with van der Waals surface area (Å²) >= 11 is 0. The van der Waals surface area contributed by atoms with Crippen LogP contribution in [0.2, 0.25) is 0 Å². The molecule has 3 nitrogen and oxygen atoms in total. The van der Waals surface area contributed by atoms with Crippen LogP contribution in [0.15, 0.2) is 12.7 Å². The number of hydrogen-bond donors (Lipinski definition) is 3. The second-order valence-corrected chi connectivity index (χ2v) is 2.88. The molecular formula is C9H19NO2. The summed E-state index contributed by atoms with van der Waals surface area (Å²) in [4.78, 5) is 0. The van der Waals surface area contributed by atoms with Gasteiger partial charge in [-0.3, -0.25) is 5.32 Å². The van der Waals surface area contributed by atoms with E-state index in [1.165, 1.54) is 0 Å². The zero-order valence-corrected chi connectivity index (χ0v) is 7.71. The Bertz CT molecular complexity index is 128. The molecule has 1 atom stereocenters. The monoisotopic (exact) mass is 173 g/mol. The van der Waals surface area contributed by atoms with Crippen LogP contribution < -0.4 is 5.32 Å². The molecule has 3 heteroatoms. The van der Waals surface area contributed by atoms with Crippen molar-refractivity contribution in [3.63, 3.8) is 0 Å². The first-order chi connectivity index (χ1) is 5.68. The van der Waals surface area contributed by atoms with E-state index in [2.05, 4.69) is 11.9 Å². The topological polar surface area (TPSA) is 52.5 Å². The minimum absolute atomic E-state index is 0.123. The van der Waals surface area contributed by atoms with E-state index in [0.717, 1.165) is 0 Å². The van der Waals surface area contributed by atoms with Gasteiger partial charge in [0.25, 0.3) is 0 Å². The highest BCUT2D eigenvalue weighted by molar-refractivity contribution is 4.79.